The number of rotatable bonds is 8. The molecule has 1 rings (SSSR count). The van der Waals surface area contributed by atoms with Crippen molar-refractivity contribution >= 4 is 11.6 Å². The lowest BCUT2D eigenvalue weighted by molar-refractivity contribution is 0.206. The minimum Gasteiger partial charge on any atom is -0.490 e. The molecule has 0 aliphatic rings. The van der Waals surface area contributed by atoms with E-state index in [1.807, 2.05) is 25.1 Å². The van der Waals surface area contributed by atoms with E-state index in [2.05, 4.69) is 19.2 Å². The zero-order chi connectivity index (χ0) is 13.4. The molecule has 0 saturated heterocycles. The van der Waals surface area contributed by atoms with Gasteiger partial charge in [-0.1, -0.05) is 18.5 Å². The van der Waals surface area contributed by atoms with Gasteiger partial charge in [-0.05, 0) is 70.0 Å². The molecule has 2 nitrogen and oxygen atoms in total. The second-order valence-electron chi connectivity index (χ2n) is 4.73. The van der Waals surface area contributed by atoms with Crippen molar-refractivity contribution in [3.05, 3.63) is 28.8 Å². The van der Waals surface area contributed by atoms with E-state index >= 15 is 0 Å². The maximum Gasteiger partial charge on any atom is 0.122 e. The molecule has 0 amide bonds. The van der Waals surface area contributed by atoms with Gasteiger partial charge in [-0.15, -0.1) is 0 Å². The first-order chi connectivity index (χ1) is 8.63. The molecule has 0 aliphatic heterocycles. The largest absolute Gasteiger partial charge is 0.490 e. The third-order valence-corrected chi connectivity index (χ3v) is 3.09. The first-order valence-electron chi connectivity index (χ1n) is 6.77. The Balaban J connectivity index is 2.28. The SMILES string of the molecule is CCCNCCCC(C)Oc1ccc(Cl)cc1C. The summed E-state index contributed by atoms with van der Waals surface area (Å²) in [5.74, 6) is 0.938. The van der Waals surface area contributed by atoms with E-state index in [1.54, 1.807) is 0 Å². The Hall–Kier alpha value is -0.730. The minimum atomic E-state index is 0.244. The first kappa shape index (κ1) is 15.3. The van der Waals surface area contributed by atoms with Crippen molar-refractivity contribution in [2.75, 3.05) is 13.1 Å². The summed E-state index contributed by atoms with van der Waals surface area (Å²) in [5.41, 5.74) is 1.10. The van der Waals surface area contributed by atoms with Crippen molar-refractivity contribution in [2.24, 2.45) is 0 Å². The van der Waals surface area contributed by atoms with Crippen molar-refractivity contribution in [2.45, 2.75) is 46.1 Å². The molecule has 0 fully saturated rings. The molecule has 1 aromatic carbocycles. The van der Waals surface area contributed by atoms with Crippen LogP contribution in [-0.2, 0) is 0 Å². The van der Waals surface area contributed by atoms with E-state index in [0.717, 1.165) is 42.3 Å². The van der Waals surface area contributed by atoms with Gasteiger partial charge in [0.2, 0.25) is 0 Å². The van der Waals surface area contributed by atoms with Gasteiger partial charge in [0.05, 0.1) is 6.10 Å². The van der Waals surface area contributed by atoms with Gasteiger partial charge in [0.1, 0.15) is 5.75 Å². The molecule has 0 spiro atoms. The fourth-order valence-electron chi connectivity index (χ4n) is 1.84. The number of halogens is 1. The van der Waals surface area contributed by atoms with Crippen LogP contribution in [0.2, 0.25) is 5.02 Å². The molecule has 1 N–H and O–H groups in total. The molecular formula is C15H24ClNO. The van der Waals surface area contributed by atoms with Crippen LogP contribution < -0.4 is 10.1 Å². The zero-order valence-corrected chi connectivity index (χ0v) is 12.4. The molecule has 102 valence electrons. The van der Waals surface area contributed by atoms with Crippen LogP contribution in [0, 0.1) is 6.92 Å². The summed E-state index contributed by atoms with van der Waals surface area (Å²) in [6.45, 7) is 8.50. The fraction of sp³-hybridized carbons (Fsp3) is 0.600. The maximum absolute atomic E-state index is 5.92. The van der Waals surface area contributed by atoms with Crippen LogP contribution in [0.3, 0.4) is 0 Å². The molecule has 0 saturated carbocycles. The highest BCUT2D eigenvalue weighted by molar-refractivity contribution is 6.30. The third kappa shape index (κ3) is 5.74. The summed E-state index contributed by atoms with van der Waals surface area (Å²) in [5, 5.41) is 4.16. The summed E-state index contributed by atoms with van der Waals surface area (Å²) >= 11 is 5.92. The maximum atomic E-state index is 5.92. The normalized spacial score (nSPS) is 12.4. The van der Waals surface area contributed by atoms with Gasteiger partial charge in [-0.25, -0.2) is 0 Å². The van der Waals surface area contributed by atoms with Gasteiger partial charge in [-0.3, -0.25) is 0 Å². The highest BCUT2D eigenvalue weighted by Gasteiger charge is 2.06. The molecule has 3 heteroatoms. The van der Waals surface area contributed by atoms with Crippen LogP contribution in [0.5, 0.6) is 5.75 Å². The van der Waals surface area contributed by atoms with E-state index in [1.165, 1.54) is 6.42 Å². The number of nitrogens with one attached hydrogen (secondary N) is 1. The summed E-state index contributed by atoms with van der Waals surface area (Å²) in [4.78, 5) is 0. The highest BCUT2D eigenvalue weighted by atomic mass is 35.5. The second-order valence-corrected chi connectivity index (χ2v) is 5.17. The average molecular weight is 270 g/mol. The van der Waals surface area contributed by atoms with E-state index in [-0.39, 0.29) is 6.10 Å². The fourth-order valence-corrected chi connectivity index (χ4v) is 2.06. The summed E-state index contributed by atoms with van der Waals surface area (Å²) < 4.78 is 5.92. The standard InChI is InChI=1S/C15H24ClNO/c1-4-9-17-10-5-6-13(3)18-15-8-7-14(16)11-12(15)2/h7-8,11,13,17H,4-6,9-10H2,1-3H3. The molecule has 18 heavy (non-hydrogen) atoms. The number of benzene rings is 1. The monoisotopic (exact) mass is 269 g/mol. The molecule has 0 heterocycles. The number of hydrogen-bond acceptors (Lipinski definition) is 2. The lowest BCUT2D eigenvalue weighted by atomic mass is 10.2. The van der Waals surface area contributed by atoms with Crippen molar-refractivity contribution in [3.8, 4) is 5.75 Å². The molecule has 0 bridgehead atoms. The van der Waals surface area contributed by atoms with Crippen LogP contribution in [0.1, 0.15) is 38.7 Å². The second kappa shape index (κ2) is 8.39. The van der Waals surface area contributed by atoms with Gasteiger partial charge in [-0.2, -0.15) is 0 Å². The van der Waals surface area contributed by atoms with Crippen molar-refractivity contribution in [1.82, 2.24) is 5.32 Å². The van der Waals surface area contributed by atoms with Gasteiger partial charge in [0.15, 0.2) is 0 Å². The lowest BCUT2D eigenvalue weighted by Gasteiger charge is -2.16. The van der Waals surface area contributed by atoms with Crippen molar-refractivity contribution in [3.63, 3.8) is 0 Å². The molecule has 1 unspecified atom stereocenters. The van der Waals surface area contributed by atoms with E-state index in [4.69, 9.17) is 16.3 Å². The first-order valence-corrected chi connectivity index (χ1v) is 7.14. The molecule has 0 aromatic heterocycles. The average Bonchev–Trinajstić information content (AvgIpc) is 2.32. The number of aryl methyl sites for hydroxylation is 1. The molecule has 0 radical (unpaired) electrons. The van der Waals surface area contributed by atoms with E-state index in [9.17, 15) is 0 Å². The molecule has 0 aliphatic carbocycles. The predicted octanol–water partition coefficient (Wildman–Crippen LogP) is 4.20. The number of ether oxygens (including phenoxy) is 1. The third-order valence-electron chi connectivity index (χ3n) is 2.86. The van der Waals surface area contributed by atoms with Gasteiger partial charge in [0, 0.05) is 5.02 Å². The Morgan fingerprint density at radius 3 is 2.78 bits per heavy atom. The smallest absolute Gasteiger partial charge is 0.122 e. The summed E-state index contributed by atoms with van der Waals surface area (Å²) in [7, 11) is 0. The Labute approximate surface area is 116 Å². The molecule has 1 atom stereocenters. The predicted molar refractivity (Wildman–Crippen MR) is 78.7 cm³/mol. The zero-order valence-electron chi connectivity index (χ0n) is 11.6. The minimum absolute atomic E-state index is 0.244. The van der Waals surface area contributed by atoms with Crippen molar-refractivity contribution < 1.29 is 4.74 Å². The van der Waals surface area contributed by atoms with Crippen LogP contribution >= 0.6 is 11.6 Å². The molecule has 1 aromatic rings. The van der Waals surface area contributed by atoms with E-state index < -0.39 is 0 Å². The summed E-state index contributed by atoms with van der Waals surface area (Å²) in [6, 6.07) is 5.76. The topological polar surface area (TPSA) is 21.3 Å². The Morgan fingerprint density at radius 2 is 2.11 bits per heavy atom. The Kier molecular flexibility index (Phi) is 7.14. The molecular weight excluding hydrogens is 246 g/mol. The van der Waals surface area contributed by atoms with Crippen LogP contribution in [0.15, 0.2) is 18.2 Å². The summed E-state index contributed by atoms with van der Waals surface area (Å²) in [6.07, 6.45) is 3.65. The lowest BCUT2D eigenvalue weighted by Crippen LogP contribution is -2.19. The van der Waals surface area contributed by atoms with Crippen LogP contribution in [0.4, 0.5) is 0 Å². The number of hydrogen-bond donors (Lipinski definition) is 1. The Morgan fingerprint density at radius 1 is 1.33 bits per heavy atom. The van der Waals surface area contributed by atoms with Gasteiger partial charge < -0.3 is 10.1 Å². The van der Waals surface area contributed by atoms with Gasteiger partial charge >= 0.3 is 0 Å². The van der Waals surface area contributed by atoms with Crippen molar-refractivity contribution in [1.29, 1.82) is 0 Å². The quantitative estimate of drug-likeness (QED) is 0.715. The Bertz CT molecular complexity index is 354. The van der Waals surface area contributed by atoms with Gasteiger partial charge in [0.25, 0.3) is 0 Å². The van der Waals surface area contributed by atoms with Crippen LogP contribution in [0.25, 0.3) is 0 Å². The van der Waals surface area contributed by atoms with Crippen LogP contribution in [-0.4, -0.2) is 19.2 Å². The van der Waals surface area contributed by atoms with E-state index in [0.29, 0.717) is 0 Å². The highest BCUT2D eigenvalue weighted by Crippen LogP contribution is 2.23.